The van der Waals surface area contributed by atoms with Gasteiger partial charge in [0.1, 0.15) is 12.4 Å². The molecule has 0 radical (unpaired) electrons. The summed E-state index contributed by atoms with van der Waals surface area (Å²) >= 11 is 0. The molecule has 1 amide bonds. The number of rotatable bonds is 5. The number of carbonyl (C=O) groups excluding carboxylic acids is 1. The zero-order valence-corrected chi connectivity index (χ0v) is 14.4. The van der Waals surface area contributed by atoms with Gasteiger partial charge in [-0.05, 0) is 38.5 Å². The number of fused-ring (bicyclic) bond motifs is 1. The van der Waals surface area contributed by atoms with E-state index < -0.39 is 0 Å². The average Bonchev–Trinajstić information content (AvgIpc) is 2.93. The van der Waals surface area contributed by atoms with Crippen molar-refractivity contribution < 1.29 is 4.79 Å². The first-order valence-corrected chi connectivity index (χ1v) is 8.40. The van der Waals surface area contributed by atoms with Gasteiger partial charge in [-0.1, -0.05) is 42.8 Å². The van der Waals surface area contributed by atoms with Crippen LogP contribution in [0.1, 0.15) is 25.8 Å². The number of nitrogens with one attached hydrogen (secondary N) is 1. The fraction of sp³-hybridized carbons (Fsp3) is 0.300. The maximum atomic E-state index is 12.4. The third-order valence-corrected chi connectivity index (χ3v) is 4.25. The lowest BCUT2D eigenvalue weighted by Gasteiger charge is -2.14. The van der Waals surface area contributed by atoms with E-state index in [4.69, 9.17) is 4.98 Å². The van der Waals surface area contributed by atoms with Crippen LogP contribution in [0, 0.1) is 6.92 Å². The largest absolute Gasteiger partial charge is 0.352 e. The predicted molar refractivity (Wildman–Crippen MR) is 97.8 cm³/mol. The molecule has 3 rings (SSSR count). The van der Waals surface area contributed by atoms with Crippen molar-refractivity contribution in [1.82, 2.24) is 14.9 Å². The van der Waals surface area contributed by atoms with Crippen LogP contribution < -0.4 is 5.32 Å². The van der Waals surface area contributed by atoms with Crippen molar-refractivity contribution in [1.29, 1.82) is 0 Å². The van der Waals surface area contributed by atoms with Crippen molar-refractivity contribution in [3.8, 4) is 11.4 Å². The molecular formula is C20H23N3O. The number of imidazole rings is 1. The maximum absolute atomic E-state index is 12.4. The second-order valence-electron chi connectivity index (χ2n) is 6.26. The van der Waals surface area contributed by atoms with Crippen molar-refractivity contribution in [3.63, 3.8) is 0 Å². The average molecular weight is 321 g/mol. The second kappa shape index (κ2) is 6.87. The summed E-state index contributed by atoms with van der Waals surface area (Å²) < 4.78 is 2.00. The fourth-order valence-electron chi connectivity index (χ4n) is 2.81. The number of nitrogens with zero attached hydrogens (tertiary/aromatic N) is 2. The van der Waals surface area contributed by atoms with E-state index in [1.165, 1.54) is 5.56 Å². The SMILES string of the molecule is CCC(C)NC(=O)Cn1c(-c2cccc(C)c2)nc2ccccc21. The van der Waals surface area contributed by atoms with Gasteiger partial charge < -0.3 is 9.88 Å². The Morgan fingerprint density at radius 3 is 2.75 bits per heavy atom. The van der Waals surface area contributed by atoms with Gasteiger partial charge in [0, 0.05) is 11.6 Å². The normalized spacial score (nSPS) is 12.3. The van der Waals surface area contributed by atoms with Crippen LogP contribution in [0.5, 0.6) is 0 Å². The van der Waals surface area contributed by atoms with Crippen molar-refractivity contribution >= 4 is 16.9 Å². The van der Waals surface area contributed by atoms with E-state index in [-0.39, 0.29) is 18.5 Å². The molecule has 0 saturated carbocycles. The number of amides is 1. The lowest BCUT2D eigenvalue weighted by atomic mass is 10.1. The number of carbonyl (C=O) groups is 1. The summed E-state index contributed by atoms with van der Waals surface area (Å²) in [6.07, 6.45) is 0.918. The third-order valence-electron chi connectivity index (χ3n) is 4.25. The topological polar surface area (TPSA) is 46.9 Å². The van der Waals surface area contributed by atoms with Gasteiger partial charge in [-0.25, -0.2) is 4.98 Å². The predicted octanol–water partition coefficient (Wildman–Crippen LogP) is 3.93. The van der Waals surface area contributed by atoms with Crippen LogP contribution in [0.25, 0.3) is 22.4 Å². The lowest BCUT2D eigenvalue weighted by Crippen LogP contribution is -2.34. The zero-order chi connectivity index (χ0) is 17.1. The molecule has 1 heterocycles. The van der Waals surface area contributed by atoms with Crippen LogP contribution in [0.15, 0.2) is 48.5 Å². The first-order valence-electron chi connectivity index (χ1n) is 8.40. The first kappa shape index (κ1) is 16.2. The minimum absolute atomic E-state index is 0.0152. The van der Waals surface area contributed by atoms with Crippen LogP contribution >= 0.6 is 0 Å². The summed E-state index contributed by atoms with van der Waals surface area (Å²) in [5, 5.41) is 3.04. The van der Waals surface area contributed by atoms with Gasteiger partial charge in [0.05, 0.1) is 11.0 Å². The highest BCUT2D eigenvalue weighted by molar-refractivity contribution is 5.84. The molecule has 1 aromatic heterocycles. The number of hydrogen-bond donors (Lipinski definition) is 1. The molecule has 0 aliphatic rings. The Morgan fingerprint density at radius 1 is 1.21 bits per heavy atom. The molecule has 1 N–H and O–H groups in total. The van der Waals surface area contributed by atoms with E-state index in [1.54, 1.807) is 0 Å². The Morgan fingerprint density at radius 2 is 2.00 bits per heavy atom. The summed E-state index contributed by atoms with van der Waals surface area (Å²) in [5.74, 6) is 0.848. The quantitative estimate of drug-likeness (QED) is 0.774. The highest BCUT2D eigenvalue weighted by Crippen LogP contribution is 2.25. The number of aryl methyl sites for hydroxylation is 1. The summed E-state index contributed by atoms with van der Waals surface area (Å²) in [4.78, 5) is 17.2. The minimum atomic E-state index is 0.0152. The Labute approximate surface area is 142 Å². The minimum Gasteiger partial charge on any atom is -0.352 e. The molecule has 1 atom stereocenters. The lowest BCUT2D eigenvalue weighted by molar-refractivity contribution is -0.122. The Kier molecular flexibility index (Phi) is 4.65. The van der Waals surface area contributed by atoms with Gasteiger partial charge in [-0.15, -0.1) is 0 Å². The zero-order valence-electron chi connectivity index (χ0n) is 14.4. The molecule has 0 spiro atoms. The van der Waals surface area contributed by atoms with Gasteiger partial charge in [0.15, 0.2) is 0 Å². The van der Waals surface area contributed by atoms with Crippen LogP contribution in [-0.2, 0) is 11.3 Å². The molecule has 0 bridgehead atoms. The summed E-state index contributed by atoms with van der Waals surface area (Å²) in [5.41, 5.74) is 4.09. The molecule has 4 nitrogen and oxygen atoms in total. The number of para-hydroxylation sites is 2. The van der Waals surface area contributed by atoms with E-state index in [9.17, 15) is 4.79 Å². The van der Waals surface area contributed by atoms with Crippen molar-refractivity contribution in [2.75, 3.05) is 0 Å². The monoisotopic (exact) mass is 321 g/mol. The van der Waals surface area contributed by atoms with Gasteiger partial charge >= 0.3 is 0 Å². The van der Waals surface area contributed by atoms with Crippen molar-refractivity contribution in [3.05, 3.63) is 54.1 Å². The highest BCUT2D eigenvalue weighted by Gasteiger charge is 2.15. The fourth-order valence-corrected chi connectivity index (χ4v) is 2.81. The van der Waals surface area contributed by atoms with E-state index in [0.717, 1.165) is 28.8 Å². The molecule has 24 heavy (non-hydrogen) atoms. The smallest absolute Gasteiger partial charge is 0.240 e. The van der Waals surface area contributed by atoms with E-state index in [0.29, 0.717) is 0 Å². The molecule has 1 unspecified atom stereocenters. The Balaban J connectivity index is 2.04. The molecule has 3 aromatic rings. The summed E-state index contributed by atoms with van der Waals surface area (Å²) in [6, 6.07) is 16.3. The number of hydrogen-bond acceptors (Lipinski definition) is 2. The van der Waals surface area contributed by atoms with E-state index >= 15 is 0 Å². The molecular weight excluding hydrogens is 298 g/mol. The molecule has 0 saturated heterocycles. The summed E-state index contributed by atoms with van der Waals surface area (Å²) in [6.45, 7) is 6.42. The molecule has 2 aromatic carbocycles. The van der Waals surface area contributed by atoms with Crippen LogP contribution in [0.3, 0.4) is 0 Å². The van der Waals surface area contributed by atoms with Gasteiger partial charge in [0.25, 0.3) is 0 Å². The standard InChI is InChI=1S/C20H23N3O/c1-4-15(3)21-19(24)13-23-18-11-6-5-10-17(18)22-20(23)16-9-7-8-14(2)12-16/h5-12,15H,4,13H2,1-3H3,(H,21,24). The molecule has 0 aliphatic heterocycles. The second-order valence-corrected chi connectivity index (χ2v) is 6.26. The molecule has 0 fully saturated rings. The van der Waals surface area contributed by atoms with Crippen LogP contribution in [0.2, 0.25) is 0 Å². The van der Waals surface area contributed by atoms with Crippen molar-refractivity contribution in [2.24, 2.45) is 0 Å². The van der Waals surface area contributed by atoms with Gasteiger partial charge in [0.2, 0.25) is 5.91 Å². The van der Waals surface area contributed by atoms with Crippen molar-refractivity contribution in [2.45, 2.75) is 39.8 Å². The van der Waals surface area contributed by atoms with Crippen LogP contribution in [-0.4, -0.2) is 21.5 Å². The highest BCUT2D eigenvalue weighted by atomic mass is 16.2. The Bertz CT molecular complexity index is 866. The molecule has 124 valence electrons. The summed E-state index contributed by atoms with van der Waals surface area (Å²) in [7, 11) is 0. The Hall–Kier alpha value is -2.62. The number of benzene rings is 2. The van der Waals surface area contributed by atoms with Crippen LogP contribution in [0.4, 0.5) is 0 Å². The maximum Gasteiger partial charge on any atom is 0.240 e. The van der Waals surface area contributed by atoms with Gasteiger partial charge in [-0.3, -0.25) is 4.79 Å². The van der Waals surface area contributed by atoms with E-state index in [2.05, 4.69) is 31.3 Å². The van der Waals surface area contributed by atoms with E-state index in [1.807, 2.05) is 47.9 Å². The molecule has 0 aliphatic carbocycles. The first-order chi connectivity index (χ1) is 11.6. The van der Waals surface area contributed by atoms with Gasteiger partial charge in [-0.2, -0.15) is 0 Å². The number of aromatic nitrogens is 2. The molecule has 4 heteroatoms. The third kappa shape index (κ3) is 3.32.